The number of aliphatic carboxylic acids is 1. The maximum absolute atomic E-state index is 11.8. The van der Waals surface area contributed by atoms with Crippen LogP contribution in [0, 0.1) is 11.8 Å². The number of amides is 1. The van der Waals surface area contributed by atoms with Crippen LogP contribution in [0.5, 0.6) is 0 Å². The van der Waals surface area contributed by atoms with Gasteiger partial charge in [0.05, 0.1) is 17.9 Å². The van der Waals surface area contributed by atoms with E-state index in [0.29, 0.717) is 13.0 Å². The molecule has 1 fully saturated rings. The third-order valence-electron chi connectivity index (χ3n) is 3.22. The van der Waals surface area contributed by atoms with Gasteiger partial charge in [0.2, 0.25) is 5.91 Å². The van der Waals surface area contributed by atoms with Crippen molar-refractivity contribution in [1.82, 2.24) is 5.32 Å². The molecular formula is C12H21NO4. The van der Waals surface area contributed by atoms with Gasteiger partial charge in [-0.15, -0.1) is 0 Å². The lowest BCUT2D eigenvalue weighted by molar-refractivity contribution is -0.142. The van der Waals surface area contributed by atoms with Crippen molar-refractivity contribution in [3.05, 3.63) is 0 Å². The second-order valence-electron chi connectivity index (χ2n) is 4.54. The van der Waals surface area contributed by atoms with Crippen LogP contribution in [0.15, 0.2) is 0 Å². The highest BCUT2D eigenvalue weighted by atomic mass is 16.5. The maximum Gasteiger partial charge on any atom is 0.308 e. The van der Waals surface area contributed by atoms with Gasteiger partial charge in [-0.05, 0) is 19.8 Å². The van der Waals surface area contributed by atoms with Crippen LogP contribution in [-0.2, 0) is 14.3 Å². The molecule has 0 aliphatic carbocycles. The molecule has 0 bridgehead atoms. The fourth-order valence-electron chi connectivity index (χ4n) is 2.09. The van der Waals surface area contributed by atoms with E-state index < -0.39 is 11.9 Å². The molecular weight excluding hydrogens is 222 g/mol. The van der Waals surface area contributed by atoms with Gasteiger partial charge in [-0.1, -0.05) is 13.3 Å². The molecule has 1 aliphatic rings. The zero-order valence-electron chi connectivity index (χ0n) is 10.4. The first-order valence-corrected chi connectivity index (χ1v) is 6.18. The van der Waals surface area contributed by atoms with Crippen LogP contribution < -0.4 is 5.32 Å². The van der Waals surface area contributed by atoms with Crippen LogP contribution in [0.25, 0.3) is 0 Å². The second kappa shape index (κ2) is 6.59. The summed E-state index contributed by atoms with van der Waals surface area (Å²) >= 11 is 0. The van der Waals surface area contributed by atoms with Gasteiger partial charge in [-0.25, -0.2) is 0 Å². The number of nitrogens with one attached hydrogen (secondary N) is 1. The van der Waals surface area contributed by atoms with E-state index in [1.807, 2.05) is 13.8 Å². The van der Waals surface area contributed by atoms with E-state index in [2.05, 4.69) is 5.32 Å². The number of carboxylic acid groups (broad SMARTS) is 1. The van der Waals surface area contributed by atoms with E-state index in [-0.39, 0.29) is 24.5 Å². The van der Waals surface area contributed by atoms with Gasteiger partial charge >= 0.3 is 5.97 Å². The number of rotatable bonds is 6. The molecule has 5 heteroatoms. The zero-order chi connectivity index (χ0) is 12.8. The topological polar surface area (TPSA) is 75.6 Å². The Balaban J connectivity index is 2.38. The van der Waals surface area contributed by atoms with Gasteiger partial charge in [-0.3, -0.25) is 9.59 Å². The smallest absolute Gasteiger partial charge is 0.308 e. The minimum absolute atomic E-state index is 0.0653. The van der Waals surface area contributed by atoms with Gasteiger partial charge in [0.15, 0.2) is 0 Å². The standard InChI is InChI=1S/C12H21NO4/c1-3-4-9(12(15)16)7-13-11(14)10-5-6-17-8(10)2/h8-10H,3-7H2,1-2H3,(H,13,14)(H,15,16). The Bertz CT molecular complexity index is 280. The number of carbonyl (C=O) groups is 2. The second-order valence-corrected chi connectivity index (χ2v) is 4.54. The quantitative estimate of drug-likeness (QED) is 0.730. The van der Waals surface area contributed by atoms with Crippen molar-refractivity contribution in [1.29, 1.82) is 0 Å². The Morgan fingerprint density at radius 2 is 2.24 bits per heavy atom. The first kappa shape index (κ1) is 14.0. The molecule has 1 amide bonds. The van der Waals surface area contributed by atoms with Gasteiger partial charge in [0, 0.05) is 13.2 Å². The number of hydrogen-bond acceptors (Lipinski definition) is 3. The molecule has 0 saturated carbocycles. The van der Waals surface area contributed by atoms with E-state index >= 15 is 0 Å². The van der Waals surface area contributed by atoms with Gasteiger partial charge in [0.1, 0.15) is 0 Å². The monoisotopic (exact) mass is 243 g/mol. The lowest BCUT2D eigenvalue weighted by atomic mass is 10.0. The third kappa shape index (κ3) is 4.00. The van der Waals surface area contributed by atoms with E-state index in [4.69, 9.17) is 9.84 Å². The Hall–Kier alpha value is -1.10. The minimum Gasteiger partial charge on any atom is -0.481 e. The average molecular weight is 243 g/mol. The molecule has 98 valence electrons. The Morgan fingerprint density at radius 1 is 1.53 bits per heavy atom. The summed E-state index contributed by atoms with van der Waals surface area (Å²) < 4.78 is 5.31. The minimum atomic E-state index is -0.845. The third-order valence-corrected chi connectivity index (χ3v) is 3.22. The highest BCUT2D eigenvalue weighted by Gasteiger charge is 2.31. The highest BCUT2D eigenvalue weighted by molar-refractivity contribution is 5.80. The number of ether oxygens (including phenoxy) is 1. The van der Waals surface area contributed by atoms with Gasteiger partial charge in [0.25, 0.3) is 0 Å². The molecule has 17 heavy (non-hydrogen) atoms. The fourth-order valence-corrected chi connectivity index (χ4v) is 2.09. The molecule has 3 atom stereocenters. The van der Waals surface area contributed by atoms with Gasteiger partial charge in [-0.2, -0.15) is 0 Å². The van der Waals surface area contributed by atoms with E-state index in [1.165, 1.54) is 0 Å². The Labute approximate surface area is 102 Å². The summed E-state index contributed by atoms with van der Waals surface area (Å²) in [6, 6.07) is 0. The summed E-state index contributed by atoms with van der Waals surface area (Å²) in [4.78, 5) is 22.7. The first-order valence-electron chi connectivity index (χ1n) is 6.18. The van der Waals surface area contributed by atoms with Crippen LogP contribution in [0.2, 0.25) is 0 Å². The van der Waals surface area contributed by atoms with Crippen molar-refractivity contribution >= 4 is 11.9 Å². The van der Waals surface area contributed by atoms with Crippen LogP contribution in [0.4, 0.5) is 0 Å². The number of carbonyl (C=O) groups excluding carboxylic acids is 1. The Morgan fingerprint density at radius 3 is 2.71 bits per heavy atom. The lowest BCUT2D eigenvalue weighted by Gasteiger charge is -2.16. The average Bonchev–Trinajstić information content (AvgIpc) is 2.69. The summed E-state index contributed by atoms with van der Waals surface area (Å²) in [6.45, 7) is 4.63. The molecule has 3 unspecified atom stereocenters. The van der Waals surface area contributed by atoms with Crippen LogP contribution in [0.1, 0.15) is 33.1 Å². The molecule has 1 heterocycles. The van der Waals surface area contributed by atoms with E-state index in [9.17, 15) is 9.59 Å². The summed E-state index contributed by atoms with van der Waals surface area (Å²) in [5, 5.41) is 11.7. The Kier molecular flexibility index (Phi) is 5.41. The van der Waals surface area contributed by atoms with Crippen molar-refractivity contribution < 1.29 is 19.4 Å². The molecule has 5 nitrogen and oxygen atoms in total. The summed E-state index contributed by atoms with van der Waals surface area (Å²) in [7, 11) is 0. The van der Waals surface area contributed by atoms with Crippen molar-refractivity contribution in [2.45, 2.75) is 39.2 Å². The van der Waals surface area contributed by atoms with Crippen LogP contribution in [-0.4, -0.2) is 36.2 Å². The van der Waals surface area contributed by atoms with Crippen molar-refractivity contribution in [2.75, 3.05) is 13.2 Å². The first-order chi connectivity index (χ1) is 8.06. The molecule has 0 aromatic heterocycles. The van der Waals surface area contributed by atoms with Gasteiger partial charge < -0.3 is 15.2 Å². The molecule has 0 radical (unpaired) electrons. The predicted octanol–water partition coefficient (Wildman–Crippen LogP) is 1.03. The summed E-state index contributed by atoms with van der Waals surface area (Å²) in [5.74, 6) is -1.55. The lowest BCUT2D eigenvalue weighted by Crippen LogP contribution is -2.38. The highest BCUT2D eigenvalue weighted by Crippen LogP contribution is 2.20. The summed E-state index contributed by atoms with van der Waals surface area (Å²) in [6.07, 6.45) is 2.05. The molecule has 0 aromatic carbocycles. The number of carboxylic acids is 1. The molecule has 1 aliphatic heterocycles. The summed E-state index contributed by atoms with van der Waals surface area (Å²) in [5.41, 5.74) is 0. The van der Waals surface area contributed by atoms with E-state index in [0.717, 1.165) is 12.8 Å². The van der Waals surface area contributed by atoms with Crippen LogP contribution >= 0.6 is 0 Å². The van der Waals surface area contributed by atoms with Crippen molar-refractivity contribution in [3.63, 3.8) is 0 Å². The zero-order valence-corrected chi connectivity index (χ0v) is 10.4. The predicted molar refractivity (Wildman–Crippen MR) is 62.6 cm³/mol. The van der Waals surface area contributed by atoms with E-state index in [1.54, 1.807) is 0 Å². The fraction of sp³-hybridized carbons (Fsp3) is 0.833. The van der Waals surface area contributed by atoms with Crippen molar-refractivity contribution in [2.24, 2.45) is 11.8 Å². The maximum atomic E-state index is 11.8. The SMILES string of the molecule is CCCC(CNC(=O)C1CCOC1C)C(=O)O. The van der Waals surface area contributed by atoms with Crippen molar-refractivity contribution in [3.8, 4) is 0 Å². The largest absolute Gasteiger partial charge is 0.481 e. The molecule has 0 aromatic rings. The normalized spacial score (nSPS) is 25.5. The number of hydrogen-bond donors (Lipinski definition) is 2. The molecule has 1 saturated heterocycles. The molecule has 0 spiro atoms. The van der Waals surface area contributed by atoms with Crippen LogP contribution in [0.3, 0.4) is 0 Å². The molecule has 2 N–H and O–H groups in total. The molecule has 1 rings (SSSR count).